The molecule has 0 amide bonds. The van der Waals surface area contributed by atoms with Crippen LogP contribution in [-0.2, 0) is 5.54 Å². The van der Waals surface area contributed by atoms with Gasteiger partial charge in [0, 0.05) is 4.90 Å². The minimum absolute atomic E-state index is 0.0901. The highest BCUT2D eigenvalue weighted by Crippen LogP contribution is 2.48. The van der Waals surface area contributed by atoms with Crippen LogP contribution in [0.2, 0.25) is 0 Å². The van der Waals surface area contributed by atoms with E-state index >= 15 is 0 Å². The number of hydrogen-bond donors (Lipinski definition) is 2. The van der Waals surface area contributed by atoms with Gasteiger partial charge in [0.25, 0.3) is 0 Å². The number of thioether (sulfide) groups is 1. The second-order valence-corrected chi connectivity index (χ2v) is 6.37. The maximum atomic E-state index is 8.60. The molecule has 2 aromatic carbocycles. The Kier molecular flexibility index (Phi) is 3.40. The Labute approximate surface area is 124 Å². The Morgan fingerprint density at radius 2 is 1.75 bits per heavy atom. The van der Waals surface area contributed by atoms with Crippen molar-refractivity contribution in [1.82, 2.24) is 5.32 Å². The van der Waals surface area contributed by atoms with Gasteiger partial charge in [0.1, 0.15) is 0 Å². The Morgan fingerprint density at radius 3 is 2.45 bits per heavy atom. The van der Waals surface area contributed by atoms with E-state index in [2.05, 4.69) is 36.5 Å². The topological polar surface area (TPSA) is 35.9 Å². The second kappa shape index (κ2) is 5.08. The van der Waals surface area contributed by atoms with E-state index in [0.717, 1.165) is 5.56 Å². The molecule has 0 bridgehead atoms. The van der Waals surface area contributed by atoms with Crippen molar-refractivity contribution in [1.29, 1.82) is 5.41 Å². The molecular formula is C17H18N2S. The lowest BCUT2D eigenvalue weighted by molar-refractivity contribution is 0.428. The quantitative estimate of drug-likeness (QED) is 0.843. The molecule has 0 radical (unpaired) electrons. The first-order valence-electron chi connectivity index (χ1n) is 6.76. The van der Waals surface area contributed by atoms with E-state index in [4.69, 9.17) is 5.41 Å². The van der Waals surface area contributed by atoms with Crippen LogP contribution in [0.15, 0.2) is 59.5 Å². The Morgan fingerprint density at radius 1 is 1.10 bits per heavy atom. The minimum atomic E-state index is -0.200. The third kappa shape index (κ3) is 1.98. The van der Waals surface area contributed by atoms with Crippen molar-refractivity contribution in [3.8, 4) is 0 Å². The molecule has 2 aromatic rings. The maximum Gasteiger partial charge on any atom is 0.0737 e. The largest absolute Gasteiger partial charge is 0.309 e. The molecule has 0 spiro atoms. The molecule has 3 rings (SSSR count). The molecule has 0 fully saturated rings. The van der Waals surface area contributed by atoms with Gasteiger partial charge in [-0.3, -0.25) is 0 Å². The highest BCUT2D eigenvalue weighted by molar-refractivity contribution is 8.01. The Hall–Kier alpha value is -1.58. The summed E-state index contributed by atoms with van der Waals surface area (Å²) in [7, 11) is 1.98. The van der Waals surface area contributed by atoms with Crippen molar-refractivity contribution in [2.45, 2.75) is 22.6 Å². The van der Waals surface area contributed by atoms with Gasteiger partial charge in [0.15, 0.2) is 0 Å². The van der Waals surface area contributed by atoms with Crippen LogP contribution >= 0.6 is 11.8 Å². The highest BCUT2D eigenvalue weighted by Gasteiger charge is 2.45. The van der Waals surface area contributed by atoms with Crippen molar-refractivity contribution in [3.63, 3.8) is 0 Å². The third-order valence-electron chi connectivity index (χ3n) is 4.08. The number of fused-ring (bicyclic) bond motifs is 1. The second-order valence-electron chi connectivity index (χ2n) is 5.23. The molecule has 0 aliphatic carbocycles. The van der Waals surface area contributed by atoms with Crippen LogP contribution < -0.4 is 5.32 Å². The average Bonchev–Trinajstić information content (AvgIpc) is 2.82. The molecule has 2 N–H and O–H groups in total. The van der Waals surface area contributed by atoms with E-state index in [9.17, 15) is 0 Å². The highest BCUT2D eigenvalue weighted by atomic mass is 32.2. The first kappa shape index (κ1) is 13.4. The molecule has 1 aliphatic heterocycles. The predicted octanol–water partition coefficient (Wildman–Crippen LogP) is 3.66. The predicted molar refractivity (Wildman–Crippen MR) is 85.8 cm³/mol. The van der Waals surface area contributed by atoms with Gasteiger partial charge in [-0.15, -0.1) is 11.8 Å². The van der Waals surface area contributed by atoms with Crippen molar-refractivity contribution in [3.05, 3.63) is 65.7 Å². The summed E-state index contributed by atoms with van der Waals surface area (Å²) in [6, 6.07) is 18.5. The summed E-state index contributed by atoms with van der Waals surface area (Å²) in [4.78, 5) is 1.27. The molecule has 1 aliphatic rings. The van der Waals surface area contributed by atoms with E-state index in [1.807, 2.05) is 37.4 Å². The van der Waals surface area contributed by atoms with Gasteiger partial charge in [-0.05, 0) is 31.2 Å². The van der Waals surface area contributed by atoms with E-state index in [1.165, 1.54) is 10.5 Å². The first-order chi connectivity index (χ1) is 9.66. The summed E-state index contributed by atoms with van der Waals surface area (Å²) in [5.41, 5.74) is 2.77. The molecule has 0 saturated heterocycles. The lowest BCUT2D eigenvalue weighted by atomic mass is 9.85. The van der Waals surface area contributed by atoms with E-state index in [0.29, 0.717) is 5.71 Å². The van der Waals surface area contributed by atoms with Crippen molar-refractivity contribution in [2.75, 3.05) is 7.05 Å². The SMILES string of the molecule is CNC1(C)c2ccccc2SC1C(=N)c1ccccc1. The summed E-state index contributed by atoms with van der Waals surface area (Å²) >= 11 is 1.78. The molecule has 2 nitrogen and oxygen atoms in total. The van der Waals surface area contributed by atoms with Crippen molar-refractivity contribution in [2.24, 2.45) is 0 Å². The van der Waals surface area contributed by atoms with Gasteiger partial charge in [-0.1, -0.05) is 48.5 Å². The fraction of sp³-hybridized carbons (Fsp3) is 0.235. The Bertz CT molecular complexity index is 638. The molecule has 2 atom stereocenters. The first-order valence-corrected chi connectivity index (χ1v) is 7.63. The zero-order valence-corrected chi connectivity index (χ0v) is 12.5. The van der Waals surface area contributed by atoms with Crippen LogP contribution in [0, 0.1) is 5.41 Å². The fourth-order valence-electron chi connectivity index (χ4n) is 2.77. The van der Waals surface area contributed by atoms with Crippen molar-refractivity contribution >= 4 is 17.5 Å². The van der Waals surface area contributed by atoms with Crippen LogP contribution in [0.1, 0.15) is 18.1 Å². The summed E-state index contributed by atoms with van der Waals surface area (Å²) in [5.74, 6) is 0. The standard InChI is InChI=1S/C17H18N2S/c1-17(19-2)13-10-6-7-11-14(13)20-16(17)15(18)12-8-4-3-5-9-12/h3-11,16,18-19H,1-2H3. The van der Waals surface area contributed by atoms with Crippen LogP contribution in [-0.4, -0.2) is 18.0 Å². The molecule has 3 heteroatoms. The third-order valence-corrected chi connectivity index (χ3v) is 5.63. The molecule has 0 saturated carbocycles. The van der Waals surface area contributed by atoms with Crippen molar-refractivity contribution < 1.29 is 0 Å². The van der Waals surface area contributed by atoms with Gasteiger partial charge >= 0.3 is 0 Å². The summed E-state index contributed by atoms with van der Waals surface area (Å²) in [6.45, 7) is 2.19. The lowest BCUT2D eigenvalue weighted by Gasteiger charge is -2.32. The molecule has 2 unspecified atom stereocenters. The fourth-order valence-corrected chi connectivity index (χ4v) is 4.32. The zero-order valence-electron chi connectivity index (χ0n) is 11.7. The lowest BCUT2D eigenvalue weighted by Crippen LogP contribution is -2.46. The molecule has 102 valence electrons. The molecule has 20 heavy (non-hydrogen) atoms. The van der Waals surface area contributed by atoms with Gasteiger partial charge in [-0.2, -0.15) is 0 Å². The average molecular weight is 282 g/mol. The smallest absolute Gasteiger partial charge is 0.0737 e. The Balaban J connectivity index is 2.02. The molecule has 1 heterocycles. The van der Waals surface area contributed by atoms with E-state index in [-0.39, 0.29) is 10.8 Å². The van der Waals surface area contributed by atoms with Gasteiger partial charge in [-0.25, -0.2) is 0 Å². The van der Waals surface area contributed by atoms with Gasteiger partial charge < -0.3 is 10.7 Å². The number of nitrogens with one attached hydrogen (secondary N) is 2. The minimum Gasteiger partial charge on any atom is -0.309 e. The normalized spacial score (nSPS) is 24.4. The number of rotatable bonds is 3. The van der Waals surface area contributed by atoms with Gasteiger partial charge in [0.2, 0.25) is 0 Å². The number of benzene rings is 2. The van der Waals surface area contributed by atoms with Crippen LogP contribution in [0.25, 0.3) is 0 Å². The molecular weight excluding hydrogens is 264 g/mol. The van der Waals surface area contributed by atoms with E-state index in [1.54, 1.807) is 11.8 Å². The number of hydrogen-bond acceptors (Lipinski definition) is 3. The van der Waals surface area contributed by atoms with Crippen LogP contribution in [0.3, 0.4) is 0 Å². The van der Waals surface area contributed by atoms with Gasteiger partial charge in [0.05, 0.1) is 16.5 Å². The van der Waals surface area contributed by atoms with E-state index < -0.39 is 0 Å². The summed E-state index contributed by atoms with van der Waals surface area (Å²) in [6.07, 6.45) is 0. The monoisotopic (exact) mass is 282 g/mol. The summed E-state index contributed by atoms with van der Waals surface area (Å²) < 4.78 is 0. The maximum absolute atomic E-state index is 8.60. The molecule has 0 aromatic heterocycles. The zero-order chi connectivity index (χ0) is 14.2. The summed E-state index contributed by atoms with van der Waals surface area (Å²) in [5, 5.41) is 12.1. The van der Waals surface area contributed by atoms with Crippen LogP contribution in [0.4, 0.5) is 0 Å². The van der Waals surface area contributed by atoms with Crippen LogP contribution in [0.5, 0.6) is 0 Å².